The predicted molar refractivity (Wildman–Crippen MR) is 100 cm³/mol. The van der Waals surface area contributed by atoms with Crippen molar-refractivity contribution in [2.45, 2.75) is 51.0 Å². The van der Waals surface area contributed by atoms with Gasteiger partial charge in [-0.3, -0.25) is 9.59 Å². The lowest BCUT2D eigenvalue weighted by molar-refractivity contribution is -0.127. The third-order valence-electron chi connectivity index (χ3n) is 5.62. The van der Waals surface area contributed by atoms with E-state index in [2.05, 4.69) is 14.9 Å². The molecule has 4 rings (SSSR count). The highest BCUT2D eigenvalue weighted by atomic mass is 16.2. The van der Waals surface area contributed by atoms with Crippen LogP contribution in [-0.2, 0) is 4.79 Å². The maximum absolute atomic E-state index is 12.4. The van der Waals surface area contributed by atoms with E-state index < -0.39 is 0 Å². The van der Waals surface area contributed by atoms with Gasteiger partial charge in [-0.2, -0.15) is 0 Å². The highest BCUT2D eigenvalue weighted by molar-refractivity contribution is 5.97. The molecule has 1 aliphatic heterocycles. The highest BCUT2D eigenvalue weighted by Gasteiger charge is 2.20. The number of amides is 2. The molecule has 0 radical (unpaired) electrons. The SMILES string of the molecule is O=C(NCCCN1CCCC1=O)c1ccc2c(c1)ncn2C1CCCC1. The molecule has 6 nitrogen and oxygen atoms in total. The second kappa shape index (κ2) is 7.48. The van der Waals surface area contributed by atoms with Gasteiger partial charge in [-0.1, -0.05) is 12.8 Å². The fraction of sp³-hybridized carbons (Fsp3) is 0.550. The summed E-state index contributed by atoms with van der Waals surface area (Å²) in [7, 11) is 0. The number of imidazole rings is 1. The molecular weight excluding hydrogens is 328 g/mol. The summed E-state index contributed by atoms with van der Waals surface area (Å²) in [6.45, 7) is 2.16. The fourth-order valence-corrected chi connectivity index (χ4v) is 4.16. The van der Waals surface area contributed by atoms with Crippen LogP contribution >= 0.6 is 0 Å². The predicted octanol–water partition coefficient (Wildman–Crippen LogP) is 2.89. The first kappa shape index (κ1) is 17.1. The van der Waals surface area contributed by atoms with Gasteiger partial charge in [0.2, 0.25) is 5.91 Å². The summed E-state index contributed by atoms with van der Waals surface area (Å²) in [5.74, 6) is 0.162. The van der Waals surface area contributed by atoms with Crippen molar-refractivity contribution in [2.24, 2.45) is 0 Å². The molecule has 2 heterocycles. The molecule has 2 amide bonds. The molecule has 1 saturated carbocycles. The number of hydrogen-bond donors (Lipinski definition) is 1. The van der Waals surface area contributed by atoms with Crippen molar-refractivity contribution in [3.05, 3.63) is 30.1 Å². The van der Waals surface area contributed by atoms with Gasteiger partial charge >= 0.3 is 0 Å². The van der Waals surface area contributed by atoms with Gasteiger partial charge in [-0.25, -0.2) is 4.98 Å². The third-order valence-corrected chi connectivity index (χ3v) is 5.62. The Balaban J connectivity index is 1.34. The molecule has 2 aliphatic rings. The van der Waals surface area contributed by atoms with E-state index in [1.54, 1.807) is 0 Å². The molecule has 0 spiro atoms. The number of aromatic nitrogens is 2. The average Bonchev–Trinajstić information content (AvgIpc) is 3.38. The topological polar surface area (TPSA) is 67.2 Å². The molecule has 2 fully saturated rings. The molecule has 1 aromatic heterocycles. The van der Waals surface area contributed by atoms with Crippen molar-refractivity contribution >= 4 is 22.8 Å². The number of nitrogens with zero attached hydrogens (tertiary/aromatic N) is 3. The lowest BCUT2D eigenvalue weighted by Crippen LogP contribution is -2.30. The van der Waals surface area contributed by atoms with Crippen molar-refractivity contribution in [3.8, 4) is 0 Å². The Hall–Kier alpha value is -2.37. The molecule has 1 aromatic carbocycles. The average molecular weight is 354 g/mol. The summed E-state index contributed by atoms with van der Waals surface area (Å²) in [6, 6.07) is 6.32. The molecule has 6 heteroatoms. The summed E-state index contributed by atoms with van der Waals surface area (Å²) in [5.41, 5.74) is 2.64. The molecule has 0 bridgehead atoms. The Morgan fingerprint density at radius 2 is 2.08 bits per heavy atom. The fourth-order valence-electron chi connectivity index (χ4n) is 4.16. The van der Waals surface area contributed by atoms with E-state index in [0.29, 0.717) is 24.6 Å². The summed E-state index contributed by atoms with van der Waals surface area (Å²) >= 11 is 0. The Labute approximate surface area is 153 Å². The van der Waals surface area contributed by atoms with Gasteiger partial charge in [0.1, 0.15) is 0 Å². The van der Waals surface area contributed by atoms with Crippen LogP contribution in [0.3, 0.4) is 0 Å². The Morgan fingerprint density at radius 3 is 2.85 bits per heavy atom. The molecule has 0 atom stereocenters. The number of rotatable bonds is 6. The normalized spacial score (nSPS) is 18.2. The van der Waals surface area contributed by atoms with Crippen molar-refractivity contribution in [2.75, 3.05) is 19.6 Å². The van der Waals surface area contributed by atoms with Crippen molar-refractivity contribution < 1.29 is 9.59 Å². The van der Waals surface area contributed by atoms with Crippen LogP contribution in [0.25, 0.3) is 11.0 Å². The lowest BCUT2D eigenvalue weighted by atomic mass is 10.1. The zero-order chi connectivity index (χ0) is 17.9. The van der Waals surface area contributed by atoms with Crippen molar-refractivity contribution in [3.63, 3.8) is 0 Å². The standard InChI is InChI=1S/C20H26N4O2/c25-19-7-3-11-23(19)12-4-10-21-20(26)15-8-9-18-17(13-15)22-14-24(18)16-5-1-2-6-16/h8-9,13-14,16H,1-7,10-12H2,(H,21,26). The van der Waals surface area contributed by atoms with Crippen LogP contribution < -0.4 is 5.32 Å². The van der Waals surface area contributed by atoms with E-state index in [1.165, 1.54) is 25.7 Å². The highest BCUT2D eigenvalue weighted by Crippen LogP contribution is 2.32. The molecule has 138 valence electrons. The lowest BCUT2D eigenvalue weighted by Gasteiger charge is -2.15. The zero-order valence-electron chi connectivity index (χ0n) is 15.1. The first-order valence-electron chi connectivity index (χ1n) is 9.75. The first-order valence-corrected chi connectivity index (χ1v) is 9.75. The Bertz CT molecular complexity index is 807. The van der Waals surface area contributed by atoms with Crippen LogP contribution in [0.5, 0.6) is 0 Å². The van der Waals surface area contributed by atoms with Crippen LogP contribution in [0.1, 0.15) is 61.3 Å². The van der Waals surface area contributed by atoms with E-state index in [0.717, 1.165) is 37.0 Å². The number of fused-ring (bicyclic) bond motifs is 1. The second-order valence-corrected chi connectivity index (χ2v) is 7.39. The van der Waals surface area contributed by atoms with Gasteiger partial charge < -0.3 is 14.8 Å². The third kappa shape index (κ3) is 3.45. The molecule has 1 saturated heterocycles. The van der Waals surface area contributed by atoms with E-state index >= 15 is 0 Å². The van der Waals surface area contributed by atoms with E-state index in [-0.39, 0.29) is 11.8 Å². The van der Waals surface area contributed by atoms with Gasteiger partial charge in [0.15, 0.2) is 0 Å². The van der Waals surface area contributed by atoms with E-state index in [9.17, 15) is 9.59 Å². The number of carbonyl (C=O) groups is 2. The zero-order valence-corrected chi connectivity index (χ0v) is 15.1. The molecule has 1 aliphatic carbocycles. The van der Waals surface area contributed by atoms with Crippen molar-refractivity contribution in [1.29, 1.82) is 0 Å². The molecular formula is C20H26N4O2. The van der Waals surface area contributed by atoms with Crippen LogP contribution in [0, 0.1) is 0 Å². The van der Waals surface area contributed by atoms with Crippen LogP contribution in [0.4, 0.5) is 0 Å². The number of likely N-dealkylation sites (tertiary alicyclic amines) is 1. The minimum atomic E-state index is -0.0740. The minimum absolute atomic E-state index is 0.0740. The minimum Gasteiger partial charge on any atom is -0.352 e. The Morgan fingerprint density at radius 1 is 1.23 bits per heavy atom. The summed E-state index contributed by atoms with van der Waals surface area (Å²) < 4.78 is 2.26. The molecule has 26 heavy (non-hydrogen) atoms. The van der Waals surface area contributed by atoms with Crippen LogP contribution in [0.2, 0.25) is 0 Å². The second-order valence-electron chi connectivity index (χ2n) is 7.39. The monoisotopic (exact) mass is 354 g/mol. The van der Waals surface area contributed by atoms with Gasteiger partial charge in [-0.15, -0.1) is 0 Å². The first-order chi connectivity index (χ1) is 12.7. The van der Waals surface area contributed by atoms with Gasteiger partial charge in [0, 0.05) is 37.7 Å². The smallest absolute Gasteiger partial charge is 0.251 e. The van der Waals surface area contributed by atoms with Gasteiger partial charge in [0.25, 0.3) is 5.91 Å². The van der Waals surface area contributed by atoms with Crippen LogP contribution in [0.15, 0.2) is 24.5 Å². The molecule has 1 N–H and O–H groups in total. The molecule has 2 aromatic rings. The number of benzene rings is 1. The molecule has 0 unspecified atom stereocenters. The van der Waals surface area contributed by atoms with E-state index in [4.69, 9.17) is 0 Å². The number of nitrogens with one attached hydrogen (secondary N) is 1. The van der Waals surface area contributed by atoms with Gasteiger partial charge in [0.05, 0.1) is 17.4 Å². The maximum atomic E-state index is 12.4. The summed E-state index contributed by atoms with van der Waals surface area (Å²) in [5, 5.41) is 2.95. The van der Waals surface area contributed by atoms with Crippen LogP contribution in [-0.4, -0.2) is 45.9 Å². The quantitative estimate of drug-likeness (QED) is 0.811. The van der Waals surface area contributed by atoms with Crippen molar-refractivity contribution in [1.82, 2.24) is 19.8 Å². The number of carbonyl (C=O) groups excluding carboxylic acids is 2. The largest absolute Gasteiger partial charge is 0.352 e. The van der Waals surface area contributed by atoms with Gasteiger partial charge in [-0.05, 0) is 43.9 Å². The number of hydrogen-bond acceptors (Lipinski definition) is 3. The van der Waals surface area contributed by atoms with E-state index in [1.807, 2.05) is 29.4 Å². The summed E-state index contributed by atoms with van der Waals surface area (Å²) in [6.07, 6.45) is 9.33. The Kier molecular flexibility index (Phi) is 4.91. The maximum Gasteiger partial charge on any atom is 0.251 e. The summed E-state index contributed by atoms with van der Waals surface area (Å²) in [4.78, 5) is 30.3.